The second-order valence-corrected chi connectivity index (χ2v) is 5.34. The number of aromatic nitrogens is 1. The lowest BCUT2D eigenvalue weighted by Gasteiger charge is -2.37. The largest absolute Gasteiger partial charge is 0.393 e. The van der Waals surface area contributed by atoms with Crippen molar-refractivity contribution in [2.45, 2.75) is 50.3 Å². The summed E-state index contributed by atoms with van der Waals surface area (Å²) in [4.78, 5) is 18.3. The van der Waals surface area contributed by atoms with Gasteiger partial charge in [-0.15, -0.1) is 0 Å². The van der Waals surface area contributed by atoms with Crippen molar-refractivity contribution in [1.29, 1.82) is 0 Å². The van der Waals surface area contributed by atoms with E-state index in [1.54, 1.807) is 12.4 Å². The van der Waals surface area contributed by atoms with Gasteiger partial charge in [0.05, 0.1) is 12.5 Å². The molecule has 3 rings (SSSR count). The summed E-state index contributed by atoms with van der Waals surface area (Å²) in [6.45, 7) is 0. The molecule has 4 heteroatoms. The molecular weight excluding hydrogens is 228 g/mol. The SMILES string of the molecule is O=C(Cc1ccncc1)N1[C@@H]2CC[C@H]1CC(O)C2. The minimum atomic E-state index is -0.215. The Balaban J connectivity index is 1.70. The number of nitrogens with zero attached hydrogens (tertiary/aromatic N) is 2. The molecule has 0 saturated carbocycles. The fraction of sp³-hybridized carbons (Fsp3) is 0.571. The molecule has 96 valence electrons. The smallest absolute Gasteiger partial charge is 0.227 e. The first-order valence-electron chi connectivity index (χ1n) is 6.62. The molecule has 0 radical (unpaired) electrons. The van der Waals surface area contributed by atoms with E-state index >= 15 is 0 Å². The van der Waals surface area contributed by atoms with Crippen LogP contribution >= 0.6 is 0 Å². The average Bonchev–Trinajstić information content (AvgIpc) is 2.63. The summed E-state index contributed by atoms with van der Waals surface area (Å²) in [7, 11) is 0. The zero-order valence-electron chi connectivity index (χ0n) is 10.3. The topological polar surface area (TPSA) is 53.4 Å². The lowest BCUT2D eigenvalue weighted by atomic mass is 9.99. The molecule has 0 aliphatic carbocycles. The van der Waals surface area contributed by atoms with Crippen molar-refractivity contribution >= 4 is 5.91 Å². The monoisotopic (exact) mass is 246 g/mol. The summed E-state index contributed by atoms with van der Waals surface area (Å²) in [5, 5.41) is 9.73. The highest BCUT2D eigenvalue weighted by Gasteiger charge is 2.42. The number of carbonyl (C=O) groups excluding carboxylic acids is 1. The lowest BCUT2D eigenvalue weighted by Crippen LogP contribution is -2.48. The molecule has 0 aromatic carbocycles. The van der Waals surface area contributed by atoms with Gasteiger partial charge in [-0.2, -0.15) is 0 Å². The summed E-state index contributed by atoms with van der Waals surface area (Å²) in [5.74, 6) is 0.195. The normalized spacial score (nSPS) is 30.5. The highest BCUT2D eigenvalue weighted by Crippen LogP contribution is 2.36. The molecule has 2 aliphatic heterocycles. The zero-order valence-corrected chi connectivity index (χ0v) is 10.3. The lowest BCUT2D eigenvalue weighted by molar-refractivity contribution is -0.136. The van der Waals surface area contributed by atoms with Gasteiger partial charge in [-0.3, -0.25) is 9.78 Å². The van der Waals surface area contributed by atoms with E-state index in [9.17, 15) is 9.90 Å². The number of hydrogen-bond acceptors (Lipinski definition) is 3. The maximum atomic E-state index is 12.4. The van der Waals surface area contributed by atoms with Crippen molar-refractivity contribution in [3.63, 3.8) is 0 Å². The summed E-state index contributed by atoms with van der Waals surface area (Å²) in [5.41, 5.74) is 1.01. The van der Waals surface area contributed by atoms with Crippen LogP contribution in [-0.4, -0.2) is 39.1 Å². The number of aliphatic hydroxyl groups excluding tert-OH is 1. The summed E-state index contributed by atoms with van der Waals surface area (Å²) < 4.78 is 0. The molecule has 3 heterocycles. The quantitative estimate of drug-likeness (QED) is 0.851. The Morgan fingerprint density at radius 1 is 1.28 bits per heavy atom. The van der Waals surface area contributed by atoms with E-state index in [-0.39, 0.29) is 24.1 Å². The number of aliphatic hydroxyl groups is 1. The molecule has 18 heavy (non-hydrogen) atoms. The molecular formula is C14H18N2O2. The molecule has 1 unspecified atom stereocenters. The van der Waals surface area contributed by atoms with Crippen LogP contribution in [-0.2, 0) is 11.2 Å². The van der Waals surface area contributed by atoms with Crippen LogP contribution in [0.3, 0.4) is 0 Å². The number of pyridine rings is 1. The summed E-state index contributed by atoms with van der Waals surface area (Å²) >= 11 is 0. The molecule has 2 bridgehead atoms. The van der Waals surface area contributed by atoms with Gasteiger partial charge in [0.25, 0.3) is 0 Å². The van der Waals surface area contributed by atoms with E-state index in [0.29, 0.717) is 6.42 Å². The van der Waals surface area contributed by atoms with Gasteiger partial charge in [-0.05, 0) is 43.4 Å². The van der Waals surface area contributed by atoms with E-state index in [2.05, 4.69) is 4.98 Å². The van der Waals surface area contributed by atoms with E-state index in [1.807, 2.05) is 17.0 Å². The van der Waals surface area contributed by atoms with Crippen molar-refractivity contribution < 1.29 is 9.90 Å². The summed E-state index contributed by atoms with van der Waals surface area (Å²) in [6.07, 6.45) is 7.26. The molecule has 2 saturated heterocycles. The van der Waals surface area contributed by atoms with E-state index in [0.717, 1.165) is 31.2 Å². The number of rotatable bonds is 2. The first-order valence-corrected chi connectivity index (χ1v) is 6.62. The second kappa shape index (κ2) is 4.69. The molecule has 0 spiro atoms. The van der Waals surface area contributed by atoms with Crippen LogP contribution in [0.5, 0.6) is 0 Å². The molecule has 3 atom stereocenters. The number of piperidine rings is 1. The summed E-state index contributed by atoms with van der Waals surface area (Å²) in [6, 6.07) is 4.29. The predicted molar refractivity (Wildman–Crippen MR) is 66.8 cm³/mol. The molecule has 2 aliphatic rings. The Labute approximate surface area is 107 Å². The van der Waals surface area contributed by atoms with Crippen LogP contribution in [0.4, 0.5) is 0 Å². The Kier molecular flexibility index (Phi) is 3.04. The zero-order chi connectivity index (χ0) is 12.5. The van der Waals surface area contributed by atoms with E-state index < -0.39 is 0 Å². The van der Waals surface area contributed by atoms with Gasteiger partial charge in [0.2, 0.25) is 5.91 Å². The fourth-order valence-electron chi connectivity index (χ4n) is 3.32. The van der Waals surface area contributed by atoms with Crippen molar-refractivity contribution in [2.75, 3.05) is 0 Å². The van der Waals surface area contributed by atoms with Gasteiger partial charge in [-0.1, -0.05) is 0 Å². The van der Waals surface area contributed by atoms with E-state index in [1.165, 1.54) is 0 Å². The van der Waals surface area contributed by atoms with Crippen molar-refractivity contribution in [3.05, 3.63) is 30.1 Å². The molecule has 1 aromatic rings. The van der Waals surface area contributed by atoms with Crippen LogP contribution in [0.1, 0.15) is 31.2 Å². The maximum Gasteiger partial charge on any atom is 0.227 e. The Morgan fingerprint density at radius 3 is 2.50 bits per heavy atom. The number of fused-ring (bicyclic) bond motifs is 2. The molecule has 1 aromatic heterocycles. The van der Waals surface area contributed by atoms with Gasteiger partial charge < -0.3 is 10.0 Å². The van der Waals surface area contributed by atoms with E-state index in [4.69, 9.17) is 0 Å². The number of amides is 1. The Bertz CT molecular complexity index is 421. The third kappa shape index (κ3) is 2.12. The minimum Gasteiger partial charge on any atom is -0.393 e. The first kappa shape index (κ1) is 11.7. The standard InChI is InChI=1S/C14H18N2O2/c17-13-8-11-1-2-12(9-13)16(11)14(18)7-10-3-5-15-6-4-10/h3-6,11-13,17H,1-2,7-9H2/t11-,12+,13?. The van der Waals surface area contributed by atoms with Gasteiger partial charge in [0, 0.05) is 24.5 Å². The molecule has 2 fully saturated rings. The van der Waals surface area contributed by atoms with Crippen LogP contribution in [0.15, 0.2) is 24.5 Å². The third-order valence-electron chi connectivity index (χ3n) is 4.10. The van der Waals surface area contributed by atoms with Crippen LogP contribution in [0.25, 0.3) is 0 Å². The highest BCUT2D eigenvalue weighted by atomic mass is 16.3. The fourth-order valence-corrected chi connectivity index (χ4v) is 3.32. The Hall–Kier alpha value is -1.42. The first-order chi connectivity index (χ1) is 8.74. The van der Waals surface area contributed by atoms with Gasteiger partial charge in [-0.25, -0.2) is 0 Å². The highest BCUT2D eigenvalue weighted by molar-refractivity contribution is 5.79. The minimum absolute atomic E-state index is 0.195. The van der Waals surface area contributed by atoms with Crippen molar-refractivity contribution in [2.24, 2.45) is 0 Å². The second-order valence-electron chi connectivity index (χ2n) is 5.34. The van der Waals surface area contributed by atoms with Gasteiger partial charge >= 0.3 is 0 Å². The van der Waals surface area contributed by atoms with Crippen molar-refractivity contribution in [1.82, 2.24) is 9.88 Å². The molecule has 4 nitrogen and oxygen atoms in total. The number of hydrogen-bond donors (Lipinski definition) is 1. The van der Waals surface area contributed by atoms with Gasteiger partial charge in [0.15, 0.2) is 0 Å². The Morgan fingerprint density at radius 2 is 1.89 bits per heavy atom. The third-order valence-corrected chi connectivity index (χ3v) is 4.10. The number of carbonyl (C=O) groups is 1. The maximum absolute atomic E-state index is 12.4. The molecule has 1 N–H and O–H groups in total. The average molecular weight is 246 g/mol. The van der Waals surface area contributed by atoms with Crippen LogP contribution in [0, 0.1) is 0 Å². The van der Waals surface area contributed by atoms with Crippen LogP contribution in [0.2, 0.25) is 0 Å². The predicted octanol–water partition coefficient (Wildman–Crippen LogP) is 1.14. The van der Waals surface area contributed by atoms with Crippen LogP contribution < -0.4 is 0 Å². The van der Waals surface area contributed by atoms with Gasteiger partial charge in [0.1, 0.15) is 0 Å². The van der Waals surface area contributed by atoms with Crippen molar-refractivity contribution in [3.8, 4) is 0 Å². The molecule has 1 amide bonds.